The highest BCUT2D eigenvalue weighted by Crippen LogP contribution is 2.21. The summed E-state index contributed by atoms with van der Waals surface area (Å²) in [5.74, 6) is 1.24. The number of carbonyl (C=O) groups excluding carboxylic acids is 2. The number of piperazine rings is 1. The molecule has 2 amide bonds. The summed E-state index contributed by atoms with van der Waals surface area (Å²) < 4.78 is 11.0. The van der Waals surface area contributed by atoms with Crippen molar-refractivity contribution in [2.24, 2.45) is 0 Å². The Kier molecular flexibility index (Phi) is 8.36. The summed E-state index contributed by atoms with van der Waals surface area (Å²) in [4.78, 5) is 32.3. The quantitative estimate of drug-likeness (QED) is 0.442. The first kappa shape index (κ1) is 26.6. The molecular formula is C30H35N5O4. The molecule has 9 nitrogen and oxygen atoms in total. The van der Waals surface area contributed by atoms with Gasteiger partial charge in [-0.15, -0.1) is 10.2 Å². The summed E-state index contributed by atoms with van der Waals surface area (Å²) in [5, 5.41) is 8.86. The summed E-state index contributed by atoms with van der Waals surface area (Å²) >= 11 is 0. The maximum atomic E-state index is 13.4. The molecule has 0 saturated carbocycles. The van der Waals surface area contributed by atoms with Gasteiger partial charge in [0.15, 0.2) is 5.82 Å². The number of amides is 2. The lowest BCUT2D eigenvalue weighted by molar-refractivity contribution is -0.132. The fraction of sp³-hybridized carbons (Fsp3) is 0.400. The number of hydrogen-bond donors (Lipinski definition) is 0. The first-order chi connectivity index (χ1) is 19.0. The molecular weight excluding hydrogens is 494 g/mol. The van der Waals surface area contributed by atoms with Gasteiger partial charge >= 0.3 is 0 Å². The normalized spacial score (nSPS) is 17.2. The molecule has 3 heterocycles. The first-order valence-electron chi connectivity index (χ1n) is 13.5. The van der Waals surface area contributed by atoms with Gasteiger partial charge in [0.25, 0.3) is 5.91 Å². The van der Waals surface area contributed by atoms with Crippen molar-refractivity contribution in [1.29, 1.82) is 0 Å². The fourth-order valence-corrected chi connectivity index (χ4v) is 4.99. The van der Waals surface area contributed by atoms with Crippen molar-refractivity contribution in [2.75, 3.05) is 57.9 Å². The van der Waals surface area contributed by atoms with E-state index in [4.69, 9.17) is 9.47 Å². The Morgan fingerprint density at radius 1 is 0.974 bits per heavy atom. The van der Waals surface area contributed by atoms with Gasteiger partial charge in [0.2, 0.25) is 5.91 Å². The van der Waals surface area contributed by atoms with Crippen LogP contribution in [0.25, 0.3) is 11.3 Å². The van der Waals surface area contributed by atoms with Crippen molar-refractivity contribution in [3.8, 4) is 17.0 Å². The van der Waals surface area contributed by atoms with Gasteiger partial charge in [0.1, 0.15) is 12.3 Å². The van der Waals surface area contributed by atoms with Crippen LogP contribution in [0.1, 0.15) is 28.8 Å². The van der Waals surface area contributed by atoms with E-state index in [1.165, 1.54) is 5.56 Å². The molecule has 1 aromatic heterocycles. The number of rotatable bonds is 8. The number of ether oxygens (including phenoxy) is 2. The minimum absolute atomic E-state index is 0.0236. The van der Waals surface area contributed by atoms with E-state index in [1.807, 2.05) is 29.2 Å². The summed E-state index contributed by atoms with van der Waals surface area (Å²) in [6.07, 6.45) is 1.82. The lowest BCUT2D eigenvalue weighted by atomic mass is 10.1. The van der Waals surface area contributed by atoms with E-state index in [2.05, 4.69) is 34.2 Å². The predicted molar refractivity (Wildman–Crippen MR) is 149 cm³/mol. The van der Waals surface area contributed by atoms with Crippen molar-refractivity contribution in [3.05, 3.63) is 71.8 Å². The van der Waals surface area contributed by atoms with Gasteiger partial charge in [-0.3, -0.25) is 9.59 Å². The second-order valence-corrected chi connectivity index (χ2v) is 10.1. The zero-order valence-electron chi connectivity index (χ0n) is 22.6. The Hall–Kier alpha value is -3.98. The standard InChI is InChI=1S/C30H35N5O4/c1-22-5-7-23(8-6-22)27-13-14-28(32-31-27)33-15-17-34(18-16-33)29(36)21-35(20-26-4-3-19-39-26)30(37)24-9-11-25(38-2)12-10-24/h5-14,26H,3-4,15-21H2,1-2H3. The van der Waals surface area contributed by atoms with Crippen LogP contribution in [0, 0.1) is 6.92 Å². The van der Waals surface area contributed by atoms with E-state index in [0.29, 0.717) is 50.6 Å². The number of aromatic nitrogens is 2. The third-order valence-corrected chi connectivity index (χ3v) is 7.35. The molecule has 0 bridgehead atoms. The minimum atomic E-state index is -0.177. The van der Waals surface area contributed by atoms with Gasteiger partial charge in [0.05, 0.1) is 18.9 Å². The van der Waals surface area contributed by atoms with E-state index in [9.17, 15) is 9.59 Å². The monoisotopic (exact) mass is 529 g/mol. The van der Waals surface area contributed by atoms with Crippen molar-refractivity contribution in [2.45, 2.75) is 25.9 Å². The van der Waals surface area contributed by atoms with E-state index < -0.39 is 0 Å². The second kappa shape index (κ2) is 12.3. The highest BCUT2D eigenvalue weighted by atomic mass is 16.5. The Balaban J connectivity index is 1.19. The highest BCUT2D eigenvalue weighted by Gasteiger charge is 2.29. The van der Waals surface area contributed by atoms with E-state index in [1.54, 1.807) is 36.3 Å². The largest absolute Gasteiger partial charge is 0.497 e. The average molecular weight is 530 g/mol. The van der Waals surface area contributed by atoms with Crippen LogP contribution in [-0.4, -0.2) is 90.9 Å². The number of anilines is 1. The van der Waals surface area contributed by atoms with Crippen molar-refractivity contribution in [3.63, 3.8) is 0 Å². The van der Waals surface area contributed by atoms with Crippen LogP contribution in [0.15, 0.2) is 60.7 Å². The van der Waals surface area contributed by atoms with Crippen LogP contribution >= 0.6 is 0 Å². The lowest BCUT2D eigenvalue weighted by Gasteiger charge is -2.36. The van der Waals surface area contributed by atoms with E-state index >= 15 is 0 Å². The first-order valence-corrected chi connectivity index (χ1v) is 13.5. The molecule has 0 N–H and O–H groups in total. The Bertz CT molecular complexity index is 1250. The molecule has 0 aliphatic carbocycles. The predicted octanol–water partition coefficient (Wildman–Crippen LogP) is 3.43. The van der Waals surface area contributed by atoms with Gasteiger partial charge in [-0.05, 0) is 56.2 Å². The minimum Gasteiger partial charge on any atom is -0.497 e. The number of hydrogen-bond acceptors (Lipinski definition) is 7. The number of carbonyl (C=O) groups is 2. The molecule has 2 aliphatic heterocycles. The van der Waals surface area contributed by atoms with Gasteiger partial charge in [-0.1, -0.05) is 29.8 Å². The molecule has 204 valence electrons. The molecule has 39 heavy (non-hydrogen) atoms. The average Bonchev–Trinajstić information content (AvgIpc) is 3.50. The van der Waals surface area contributed by atoms with Crippen LogP contribution in [0.2, 0.25) is 0 Å². The smallest absolute Gasteiger partial charge is 0.254 e. The summed E-state index contributed by atoms with van der Waals surface area (Å²) in [6.45, 7) is 5.61. The number of nitrogens with zero attached hydrogens (tertiary/aromatic N) is 5. The van der Waals surface area contributed by atoms with Crippen molar-refractivity contribution >= 4 is 17.6 Å². The van der Waals surface area contributed by atoms with Gasteiger partial charge in [-0.25, -0.2) is 0 Å². The molecule has 5 rings (SSSR count). The maximum Gasteiger partial charge on any atom is 0.254 e. The molecule has 2 fully saturated rings. The topological polar surface area (TPSA) is 88.1 Å². The van der Waals surface area contributed by atoms with Crippen molar-refractivity contribution in [1.82, 2.24) is 20.0 Å². The molecule has 3 aromatic rings. The Morgan fingerprint density at radius 2 is 1.72 bits per heavy atom. The maximum absolute atomic E-state index is 13.4. The van der Waals surface area contributed by atoms with E-state index in [-0.39, 0.29) is 24.5 Å². The van der Waals surface area contributed by atoms with Gasteiger partial charge in [0, 0.05) is 50.5 Å². The van der Waals surface area contributed by atoms with Gasteiger partial charge < -0.3 is 24.2 Å². The lowest BCUT2D eigenvalue weighted by Crippen LogP contribution is -2.52. The molecule has 9 heteroatoms. The third-order valence-electron chi connectivity index (χ3n) is 7.35. The summed E-state index contributed by atoms with van der Waals surface area (Å²) in [5.41, 5.74) is 3.60. The van der Waals surface area contributed by atoms with Crippen LogP contribution in [0.4, 0.5) is 5.82 Å². The number of aryl methyl sites for hydroxylation is 1. The van der Waals surface area contributed by atoms with Crippen LogP contribution in [0.3, 0.4) is 0 Å². The zero-order chi connectivity index (χ0) is 27.2. The molecule has 1 unspecified atom stereocenters. The highest BCUT2D eigenvalue weighted by molar-refractivity contribution is 5.96. The van der Waals surface area contributed by atoms with Crippen molar-refractivity contribution < 1.29 is 19.1 Å². The molecule has 2 aromatic carbocycles. The summed E-state index contributed by atoms with van der Waals surface area (Å²) in [6, 6.07) is 19.2. The number of benzene rings is 2. The van der Waals surface area contributed by atoms with Crippen LogP contribution in [-0.2, 0) is 9.53 Å². The van der Waals surface area contributed by atoms with Gasteiger partial charge in [-0.2, -0.15) is 0 Å². The van der Waals surface area contributed by atoms with Crippen LogP contribution < -0.4 is 9.64 Å². The van der Waals surface area contributed by atoms with Crippen LogP contribution in [0.5, 0.6) is 5.75 Å². The SMILES string of the molecule is COc1ccc(C(=O)N(CC(=O)N2CCN(c3ccc(-c4ccc(C)cc4)nn3)CC2)CC2CCCO2)cc1. The Labute approximate surface area is 229 Å². The molecule has 2 saturated heterocycles. The zero-order valence-corrected chi connectivity index (χ0v) is 22.6. The Morgan fingerprint density at radius 3 is 2.33 bits per heavy atom. The fourth-order valence-electron chi connectivity index (χ4n) is 4.99. The molecule has 0 radical (unpaired) electrons. The molecule has 2 aliphatic rings. The second-order valence-electron chi connectivity index (χ2n) is 10.1. The number of methoxy groups -OCH3 is 1. The molecule has 1 atom stereocenters. The van der Waals surface area contributed by atoms with E-state index in [0.717, 1.165) is 29.9 Å². The summed E-state index contributed by atoms with van der Waals surface area (Å²) in [7, 11) is 1.59. The molecule has 0 spiro atoms. The third kappa shape index (κ3) is 6.54.